The highest BCUT2D eigenvalue weighted by Gasteiger charge is 2.32. The van der Waals surface area contributed by atoms with Gasteiger partial charge in [-0.25, -0.2) is 0 Å². The molecule has 0 heterocycles. The number of carbonyl (C=O) groups is 1. The van der Waals surface area contributed by atoms with Gasteiger partial charge in [-0.15, -0.1) is 13.2 Å². The minimum atomic E-state index is -4.84. The molecule has 0 unspecified atom stereocenters. The third-order valence-corrected chi connectivity index (χ3v) is 2.29. The number of esters is 1. The maximum absolute atomic E-state index is 12.0. The number of alkyl halides is 3. The van der Waals surface area contributed by atoms with Crippen LogP contribution in [0.15, 0.2) is 18.2 Å². The molecule has 0 bridgehead atoms. The highest BCUT2D eigenvalue weighted by Crippen LogP contribution is 2.31. The van der Waals surface area contributed by atoms with E-state index in [4.69, 9.17) is 17.3 Å². The standard InChI is InChI=1S/C10H9ClF3NO3/c1-17-9(16)8(15)5-2-3-7(6(11)4-5)18-10(12,13)14/h2-4,8H,15H2,1H3/t8-/m0/s1. The van der Waals surface area contributed by atoms with Gasteiger partial charge in [-0.2, -0.15) is 0 Å². The van der Waals surface area contributed by atoms with E-state index in [0.717, 1.165) is 19.2 Å². The van der Waals surface area contributed by atoms with Crippen molar-refractivity contribution in [2.75, 3.05) is 7.11 Å². The summed E-state index contributed by atoms with van der Waals surface area (Å²) in [5.41, 5.74) is 5.72. The van der Waals surface area contributed by atoms with Crippen molar-refractivity contribution in [3.63, 3.8) is 0 Å². The number of carbonyl (C=O) groups excluding carboxylic acids is 1. The molecule has 18 heavy (non-hydrogen) atoms. The van der Waals surface area contributed by atoms with Crippen LogP contribution in [0.5, 0.6) is 5.75 Å². The molecule has 4 nitrogen and oxygen atoms in total. The van der Waals surface area contributed by atoms with E-state index in [1.165, 1.54) is 6.07 Å². The van der Waals surface area contributed by atoms with Crippen LogP contribution in [0.2, 0.25) is 5.02 Å². The summed E-state index contributed by atoms with van der Waals surface area (Å²) < 4.78 is 44.0. The molecule has 0 saturated carbocycles. The number of hydrogen-bond acceptors (Lipinski definition) is 4. The molecule has 0 spiro atoms. The van der Waals surface area contributed by atoms with Crippen LogP contribution in [0.1, 0.15) is 11.6 Å². The van der Waals surface area contributed by atoms with E-state index < -0.39 is 24.1 Å². The maximum Gasteiger partial charge on any atom is 0.573 e. The molecule has 0 aliphatic carbocycles. The number of methoxy groups -OCH3 is 1. The first-order valence-corrected chi connectivity index (χ1v) is 5.01. The smallest absolute Gasteiger partial charge is 0.468 e. The molecule has 0 aromatic heterocycles. The first kappa shape index (κ1) is 14.6. The summed E-state index contributed by atoms with van der Waals surface area (Å²) in [7, 11) is 1.14. The summed E-state index contributed by atoms with van der Waals surface area (Å²) >= 11 is 5.59. The lowest BCUT2D eigenvalue weighted by atomic mass is 10.1. The summed E-state index contributed by atoms with van der Waals surface area (Å²) in [5.74, 6) is -1.29. The lowest BCUT2D eigenvalue weighted by Crippen LogP contribution is -2.22. The Labute approximate surface area is 105 Å². The Kier molecular flexibility index (Phi) is 4.42. The van der Waals surface area contributed by atoms with Crippen molar-refractivity contribution >= 4 is 17.6 Å². The SMILES string of the molecule is COC(=O)[C@@H](N)c1ccc(OC(F)(F)F)c(Cl)c1. The van der Waals surface area contributed by atoms with Crippen LogP contribution in [0, 0.1) is 0 Å². The third kappa shape index (κ3) is 3.78. The summed E-state index contributed by atoms with van der Waals surface area (Å²) in [5, 5.41) is -0.302. The fourth-order valence-corrected chi connectivity index (χ4v) is 1.41. The Morgan fingerprint density at radius 2 is 2.06 bits per heavy atom. The summed E-state index contributed by atoms with van der Waals surface area (Å²) in [6.45, 7) is 0. The molecule has 0 fully saturated rings. The second kappa shape index (κ2) is 5.45. The Morgan fingerprint density at radius 3 is 2.50 bits per heavy atom. The van der Waals surface area contributed by atoms with E-state index in [0.29, 0.717) is 0 Å². The van der Waals surface area contributed by atoms with Crippen LogP contribution in [0.4, 0.5) is 13.2 Å². The van der Waals surface area contributed by atoms with E-state index >= 15 is 0 Å². The van der Waals surface area contributed by atoms with Crippen molar-refractivity contribution < 1.29 is 27.4 Å². The van der Waals surface area contributed by atoms with E-state index in [-0.39, 0.29) is 10.6 Å². The summed E-state index contributed by atoms with van der Waals surface area (Å²) in [6, 6.07) is 2.18. The highest BCUT2D eigenvalue weighted by molar-refractivity contribution is 6.32. The highest BCUT2D eigenvalue weighted by atomic mass is 35.5. The van der Waals surface area contributed by atoms with E-state index in [2.05, 4.69) is 9.47 Å². The van der Waals surface area contributed by atoms with Crippen molar-refractivity contribution in [1.82, 2.24) is 0 Å². The number of benzene rings is 1. The topological polar surface area (TPSA) is 61.5 Å². The van der Waals surface area contributed by atoms with Crippen LogP contribution in [0.3, 0.4) is 0 Å². The normalized spacial score (nSPS) is 13.0. The zero-order valence-electron chi connectivity index (χ0n) is 9.12. The van der Waals surface area contributed by atoms with Gasteiger partial charge in [-0.05, 0) is 17.7 Å². The van der Waals surface area contributed by atoms with Crippen molar-refractivity contribution in [3.05, 3.63) is 28.8 Å². The van der Waals surface area contributed by atoms with Gasteiger partial charge in [0, 0.05) is 0 Å². The molecule has 0 amide bonds. The maximum atomic E-state index is 12.0. The molecule has 1 rings (SSSR count). The van der Waals surface area contributed by atoms with Gasteiger partial charge >= 0.3 is 12.3 Å². The molecular weight excluding hydrogens is 275 g/mol. The van der Waals surface area contributed by atoms with E-state index in [1.54, 1.807) is 0 Å². The fraction of sp³-hybridized carbons (Fsp3) is 0.300. The average Bonchev–Trinajstić information content (AvgIpc) is 2.28. The molecule has 1 aromatic rings. The zero-order chi connectivity index (χ0) is 13.9. The van der Waals surface area contributed by atoms with Gasteiger partial charge in [0.25, 0.3) is 0 Å². The van der Waals surface area contributed by atoms with Gasteiger partial charge in [0.1, 0.15) is 11.8 Å². The van der Waals surface area contributed by atoms with Crippen LogP contribution in [-0.4, -0.2) is 19.4 Å². The zero-order valence-corrected chi connectivity index (χ0v) is 9.88. The number of ether oxygens (including phenoxy) is 2. The molecule has 8 heteroatoms. The molecule has 1 aromatic carbocycles. The third-order valence-electron chi connectivity index (χ3n) is 2.00. The van der Waals surface area contributed by atoms with Gasteiger partial charge in [0.15, 0.2) is 0 Å². The van der Waals surface area contributed by atoms with Crippen LogP contribution in [-0.2, 0) is 9.53 Å². The Bertz CT molecular complexity index is 450. The molecular formula is C10H9ClF3NO3. The molecule has 0 aliphatic heterocycles. The van der Waals surface area contributed by atoms with Gasteiger partial charge in [0.2, 0.25) is 0 Å². The lowest BCUT2D eigenvalue weighted by Gasteiger charge is -2.13. The van der Waals surface area contributed by atoms with Crippen molar-refractivity contribution in [3.8, 4) is 5.75 Å². The Hall–Kier alpha value is -1.47. The Balaban J connectivity index is 2.95. The predicted molar refractivity (Wildman–Crippen MR) is 57.1 cm³/mol. The van der Waals surface area contributed by atoms with E-state index in [1.807, 2.05) is 0 Å². The van der Waals surface area contributed by atoms with Gasteiger partial charge in [0.05, 0.1) is 12.1 Å². The largest absolute Gasteiger partial charge is 0.573 e. The second-order valence-corrected chi connectivity index (χ2v) is 3.65. The number of nitrogens with two attached hydrogens (primary N) is 1. The monoisotopic (exact) mass is 283 g/mol. The van der Waals surface area contributed by atoms with Crippen LogP contribution in [0.25, 0.3) is 0 Å². The summed E-state index contributed by atoms with van der Waals surface area (Å²) in [6.07, 6.45) is -4.84. The fourth-order valence-electron chi connectivity index (χ4n) is 1.18. The summed E-state index contributed by atoms with van der Waals surface area (Å²) in [4.78, 5) is 11.1. The number of halogens is 4. The van der Waals surface area contributed by atoms with E-state index in [9.17, 15) is 18.0 Å². The van der Waals surface area contributed by atoms with Crippen molar-refractivity contribution in [2.24, 2.45) is 5.73 Å². The Morgan fingerprint density at radius 1 is 1.44 bits per heavy atom. The second-order valence-electron chi connectivity index (χ2n) is 3.24. The van der Waals surface area contributed by atoms with Crippen molar-refractivity contribution in [2.45, 2.75) is 12.4 Å². The first-order chi connectivity index (χ1) is 8.24. The van der Waals surface area contributed by atoms with Gasteiger partial charge in [-0.1, -0.05) is 17.7 Å². The molecule has 2 N–H and O–H groups in total. The number of rotatable bonds is 3. The molecule has 0 saturated heterocycles. The average molecular weight is 284 g/mol. The molecule has 1 atom stereocenters. The molecule has 100 valence electrons. The number of hydrogen-bond donors (Lipinski definition) is 1. The minimum Gasteiger partial charge on any atom is -0.468 e. The lowest BCUT2D eigenvalue weighted by molar-refractivity contribution is -0.274. The minimum absolute atomic E-state index is 0.223. The van der Waals surface area contributed by atoms with Gasteiger partial charge < -0.3 is 15.2 Å². The van der Waals surface area contributed by atoms with Crippen LogP contribution >= 0.6 is 11.6 Å². The van der Waals surface area contributed by atoms with Gasteiger partial charge in [-0.3, -0.25) is 4.79 Å². The molecule has 0 aliphatic rings. The van der Waals surface area contributed by atoms with Crippen LogP contribution < -0.4 is 10.5 Å². The molecule has 0 radical (unpaired) electrons. The van der Waals surface area contributed by atoms with Crippen molar-refractivity contribution in [1.29, 1.82) is 0 Å². The first-order valence-electron chi connectivity index (χ1n) is 4.63. The predicted octanol–water partition coefficient (Wildman–Crippen LogP) is 2.41. The quantitative estimate of drug-likeness (QED) is 0.865.